The summed E-state index contributed by atoms with van der Waals surface area (Å²) in [5, 5.41) is 11.5. The summed E-state index contributed by atoms with van der Waals surface area (Å²) >= 11 is 0. The summed E-state index contributed by atoms with van der Waals surface area (Å²) in [6, 6.07) is 20.4. The van der Waals surface area contributed by atoms with Crippen LogP contribution in [0, 0.1) is 17.3 Å². The molecule has 6 nitrogen and oxygen atoms in total. The first-order chi connectivity index (χ1) is 21.8. The van der Waals surface area contributed by atoms with Gasteiger partial charge >= 0.3 is 5.97 Å². The lowest BCUT2D eigenvalue weighted by Gasteiger charge is -2.54. The Morgan fingerprint density at radius 3 is 2.15 bits per heavy atom. The molecule has 0 bridgehead atoms. The van der Waals surface area contributed by atoms with Gasteiger partial charge in [-0.1, -0.05) is 94.4 Å². The third-order valence-corrected chi connectivity index (χ3v) is 14.8. The van der Waals surface area contributed by atoms with Crippen molar-refractivity contribution >= 4 is 14.3 Å². The molecule has 0 spiro atoms. The number of hydrogen-bond acceptors (Lipinski definition) is 6. The van der Waals surface area contributed by atoms with Gasteiger partial charge in [-0.3, -0.25) is 0 Å². The van der Waals surface area contributed by atoms with E-state index < -0.39 is 19.7 Å². The van der Waals surface area contributed by atoms with Crippen molar-refractivity contribution in [2.24, 2.45) is 17.3 Å². The molecule has 1 aliphatic carbocycles. The van der Waals surface area contributed by atoms with Crippen molar-refractivity contribution in [3.05, 3.63) is 95.8 Å². The molecule has 46 heavy (non-hydrogen) atoms. The van der Waals surface area contributed by atoms with Crippen LogP contribution >= 0.6 is 0 Å². The van der Waals surface area contributed by atoms with Crippen LogP contribution in [0.5, 0.6) is 0 Å². The highest BCUT2D eigenvalue weighted by atomic mass is 28.4. The quantitative estimate of drug-likeness (QED) is 0.0750. The molecular formula is C39H58O6Si. The lowest BCUT2D eigenvalue weighted by molar-refractivity contribution is -0.141. The molecular weight excluding hydrogens is 593 g/mol. The molecule has 0 radical (unpaired) electrons. The number of aliphatic hydroxyl groups is 1. The summed E-state index contributed by atoms with van der Waals surface area (Å²) in [7, 11) is -0.876. The average Bonchev–Trinajstić information content (AvgIpc) is 3.02. The van der Waals surface area contributed by atoms with Crippen molar-refractivity contribution < 1.29 is 28.5 Å². The number of carbonyl (C=O) groups excluding carboxylic acids is 1. The van der Waals surface area contributed by atoms with Gasteiger partial charge in [0.1, 0.15) is 5.76 Å². The molecule has 254 valence electrons. The Kier molecular flexibility index (Phi) is 14.3. The summed E-state index contributed by atoms with van der Waals surface area (Å²) in [4.78, 5) is 13.4. The Morgan fingerprint density at radius 1 is 1.02 bits per heavy atom. The molecule has 7 heteroatoms. The van der Waals surface area contributed by atoms with Crippen LogP contribution in [-0.2, 0) is 36.6 Å². The van der Waals surface area contributed by atoms with Crippen LogP contribution in [0.25, 0.3) is 0 Å². The molecule has 0 aromatic heterocycles. The number of unbranched alkanes of at least 4 members (excludes halogenated alkanes) is 1. The van der Waals surface area contributed by atoms with Crippen molar-refractivity contribution in [2.75, 3.05) is 20.3 Å². The number of aliphatic hydroxyl groups excluding tert-OH is 1. The SMILES string of the molecule is C=CCCC[C@H]1C(C(=O)OC)=C(O)C[C@H](COCc2ccccc2)[C@]1(C)[C@H](CCCOCc1ccccc1)O[Si](C)(C)C(C)(C)C. The smallest absolute Gasteiger partial charge is 0.337 e. The molecule has 0 unspecified atom stereocenters. The van der Waals surface area contributed by atoms with Gasteiger partial charge in [-0.25, -0.2) is 4.79 Å². The van der Waals surface area contributed by atoms with Gasteiger partial charge in [0.05, 0.1) is 38.6 Å². The summed E-state index contributed by atoms with van der Waals surface area (Å²) in [5.74, 6) is -0.718. The topological polar surface area (TPSA) is 74.2 Å². The van der Waals surface area contributed by atoms with E-state index in [0.29, 0.717) is 44.8 Å². The number of rotatable bonds is 18. The maximum absolute atomic E-state index is 13.4. The first-order valence-electron chi connectivity index (χ1n) is 16.9. The molecule has 0 amide bonds. The third kappa shape index (κ3) is 9.90. The molecule has 1 N–H and O–H groups in total. The Morgan fingerprint density at radius 2 is 1.61 bits per heavy atom. The number of allylic oxidation sites excluding steroid dienone is 2. The summed E-state index contributed by atoms with van der Waals surface area (Å²) in [5.41, 5.74) is 2.11. The number of carbonyl (C=O) groups is 1. The fourth-order valence-electron chi connectivity index (χ4n) is 6.43. The van der Waals surface area contributed by atoms with E-state index in [1.54, 1.807) is 0 Å². The van der Waals surface area contributed by atoms with E-state index in [0.717, 1.165) is 36.8 Å². The minimum absolute atomic E-state index is 0.0130. The van der Waals surface area contributed by atoms with Crippen LogP contribution in [0.2, 0.25) is 18.1 Å². The first-order valence-corrected chi connectivity index (χ1v) is 19.8. The van der Waals surface area contributed by atoms with Gasteiger partial charge in [0.25, 0.3) is 0 Å². The molecule has 0 saturated carbocycles. The number of ether oxygens (including phenoxy) is 3. The van der Waals surface area contributed by atoms with Crippen LogP contribution in [0.3, 0.4) is 0 Å². The van der Waals surface area contributed by atoms with Crippen LogP contribution in [-0.4, -0.2) is 45.8 Å². The molecule has 2 aromatic rings. The third-order valence-electron chi connectivity index (χ3n) is 10.3. The molecule has 0 aliphatic heterocycles. The molecule has 4 atom stereocenters. The molecule has 0 saturated heterocycles. The predicted octanol–water partition coefficient (Wildman–Crippen LogP) is 9.57. The Balaban J connectivity index is 2.01. The normalized spacial score (nSPS) is 21.2. The van der Waals surface area contributed by atoms with E-state index in [2.05, 4.69) is 71.6 Å². The fourth-order valence-corrected chi connectivity index (χ4v) is 7.87. The molecule has 2 aromatic carbocycles. The van der Waals surface area contributed by atoms with Gasteiger partial charge in [-0.05, 0) is 67.3 Å². The maximum Gasteiger partial charge on any atom is 0.337 e. The lowest BCUT2D eigenvalue weighted by atomic mass is 9.56. The second kappa shape index (κ2) is 17.4. The Labute approximate surface area is 279 Å². The van der Waals surface area contributed by atoms with Crippen LogP contribution in [0.15, 0.2) is 84.7 Å². The standard InChI is InChI=1S/C39H58O6Si/c1-9-10-13-23-33-36(37(41)42-6)34(40)26-32(29-44-28-31-21-16-12-17-22-31)39(33,5)35(45-46(7,8)38(2,3)4)24-18-25-43-27-30-19-14-11-15-20-30/h9,11-12,14-17,19-22,32-33,35,40H,1,10,13,18,23-29H2,2-8H3/t32-,33+,35+,39+/m1/s1. The largest absolute Gasteiger partial charge is 0.512 e. The minimum Gasteiger partial charge on any atom is -0.512 e. The second-order valence-electron chi connectivity index (χ2n) is 14.4. The van der Waals surface area contributed by atoms with Crippen molar-refractivity contribution in [1.82, 2.24) is 0 Å². The fraction of sp³-hybridized carbons (Fsp3) is 0.564. The zero-order chi connectivity index (χ0) is 33.8. The number of benzene rings is 2. The van der Waals surface area contributed by atoms with Gasteiger partial charge in [-0.2, -0.15) is 0 Å². The van der Waals surface area contributed by atoms with E-state index in [1.165, 1.54) is 7.11 Å². The van der Waals surface area contributed by atoms with Crippen molar-refractivity contribution in [3.8, 4) is 0 Å². The zero-order valence-corrected chi connectivity index (χ0v) is 30.3. The highest BCUT2D eigenvalue weighted by Gasteiger charge is 2.55. The number of hydrogen-bond donors (Lipinski definition) is 1. The number of esters is 1. The van der Waals surface area contributed by atoms with Crippen molar-refractivity contribution in [3.63, 3.8) is 0 Å². The van der Waals surface area contributed by atoms with Gasteiger partial charge in [0, 0.05) is 24.4 Å². The van der Waals surface area contributed by atoms with Gasteiger partial charge in [0.15, 0.2) is 8.32 Å². The predicted molar refractivity (Wildman–Crippen MR) is 189 cm³/mol. The van der Waals surface area contributed by atoms with Gasteiger partial charge in [-0.15, -0.1) is 6.58 Å². The van der Waals surface area contributed by atoms with E-state index in [9.17, 15) is 9.90 Å². The molecule has 0 heterocycles. The second-order valence-corrected chi connectivity index (χ2v) is 19.2. The van der Waals surface area contributed by atoms with Crippen LogP contribution in [0.1, 0.15) is 77.3 Å². The lowest BCUT2D eigenvalue weighted by Crippen LogP contribution is -2.56. The van der Waals surface area contributed by atoms with Crippen molar-refractivity contribution in [2.45, 2.75) is 104 Å². The number of methoxy groups -OCH3 is 1. The van der Waals surface area contributed by atoms with E-state index >= 15 is 0 Å². The van der Waals surface area contributed by atoms with Gasteiger partial charge in [0.2, 0.25) is 0 Å². The Hall–Kier alpha value is -2.71. The summed E-state index contributed by atoms with van der Waals surface area (Å²) < 4.78 is 25.2. The zero-order valence-electron chi connectivity index (χ0n) is 29.3. The minimum atomic E-state index is -2.27. The van der Waals surface area contributed by atoms with Gasteiger partial charge < -0.3 is 23.7 Å². The molecule has 0 fully saturated rings. The highest BCUT2D eigenvalue weighted by Crippen LogP contribution is 2.55. The van der Waals surface area contributed by atoms with Crippen molar-refractivity contribution in [1.29, 1.82) is 0 Å². The first kappa shape index (κ1) is 37.7. The Bertz CT molecular complexity index is 1250. The molecule has 1 aliphatic rings. The summed E-state index contributed by atoms with van der Waals surface area (Å²) in [6.07, 6.45) is 5.97. The van der Waals surface area contributed by atoms with Crippen LogP contribution < -0.4 is 0 Å². The van der Waals surface area contributed by atoms with E-state index in [1.807, 2.05) is 42.5 Å². The average molecular weight is 651 g/mol. The maximum atomic E-state index is 13.4. The highest BCUT2D eigenvalue weighted by molar-refractivity contribution is 6.74. The molecule has 3 rings (SSSR count). The monoisotopic (exact) mass is 650 g/mol. The van der Waals surface area contributed by atoms with Crippen LogP contribution in [0.4, 0.5) is 0 Å². The van der Waals surface area contributed by atoms with E-state index in [-0.39, 0.29) is 28.7 Å². The summed E-state index contributed by atoms with van der Waals surface area (Å²) in [6.45, 7) is 19.6. The van der Waals surface area contributed by atoms with E-state index in [4.69, 9.17) is 18.6 Å².